The van der Waals surface area contributed by atoms with Gasteiger partial charge in [-0.15, -0.1) is 0 Å². The summed E-state index contributed by atoms with van der Waals surface area (Å²) >= 11 is 0. The molecular weight excluding hydrogens is 304 g/mol. The van der Waals surface area contributed by atoms with Gasteiger partial charge in [0.05, 0.1) is 5.69 Å². The lowest BCUT2D eigenvalue weighted by molar-refractivity contribution is 0.289. The molecule has 0 amide bonds. The maximum absolute atomic E-state index is 4.72. The van der Waals surface area contributed by atoms with E-state index in [-0.39, 0.29) is 0 Å². The van der Waals surface area contributed by atoms with Crippen LogP contribution in [0.15, 0.2) is 24.3 Å². The van der Waals surface area contributed by atoms with E-state index in [2.05, 4.69) is 50.0 Å². The van der Waals surface area contributed by atoms with Gasteiger partial charge < -0.3 is 0 Å². The van der Waals surface area contributed by atoms with Crippen LogP contribution in [0.1, 0.15) is 73.4 Å². The molecule has 0 spiro atoms. The highest BCUT2D eigenvalue weighted by Gasteiger charge is 2.18. The number of aromatic nitrogens is 2. The Labute approximate surface area is 153 Å². The summed E-state index contributed by atoms with van der Waals surface area (Å²) in [4.78, 5) is 9.30. The van der Waals surface area contributed by atoms with E-state index in [1.165, 1.54) is 60.2 Å². The molecule has 1 aromatic heterocycles. The summed E-state index contributed by atoms with van der Waals surface area (Å²) in [6, 6.07) is 9.17. The lowest BCUT2D eigenvalue weighted by Gasteiger charge is -2.26. The van der Waals surface area contributed by atoms with Crippen LogP contribution in [0.4, 0.5) is 0 Å². The molecule has 2 nitrogen and oxygen atoms in total. The van der Waals surface area contributed by atoms with Crippen molar-refractivity contribution in [1.29, 1.82) is 0 Å². The SMILES string of the molecule is CCc1nc(C)nc(Cc2cccc(CC3CCC(C)CC3)c2)c1C. The Hall–Kier alpha value is -1.70. The van der Waals surface area contributed by atoms with Crippen molar-refractivity contribution in [2.24, 2.45) is 11.8 Å². The van der Waals surface area contributed by atoms with Gasteiger partial charge in [-0.05, 0) is 68.1 Å². The molecule has 0 saturated heterocycles. The molecule has 1 aliphatic rings. The normalized spacial score (nSPS) is 20.6. The zero-order valence-corrected chi connectivity index (χ0v) is 16.3. The topological polar surface area (TPSA) is 25.8 Å². The first-order valence-electron chi connectivity index (χ1n) is 9.96. The van der Waals surface area contributed by atoms with Gasteiger partial charge in [0, 0.05) is 12.1 Å². The third kappa shape index (κ3) is 4.68. The fourth-order valence-electron chi connectivity index (χ4n) is 4.19. The van der Waals surface area contributed by atoms with E-state index in [4.69, 9.17) is 4.98 Å². The first kappa shape index (κ1) is 18.1. The summed E-state index contributed by atoms with van der Waals surface area (Å²) in [5.41, 5.74) is 6.52. The van der Waals surface area contributed by atoms with E-state index >= 15 is 0 Å². The van der Waals surface area contributed by atoms with Gasteiger partial charge in [0.15, 0.2) is 0 Å². The molecule has 1 aliphatic carbocycles. The van der Waals surface area contributed by atoms with Crippen molar-refractivity contribution in [1.82, 2.24) is 9.97 Å². The highest BCUT2D eigenvalue weighted by atomic mass is 14.9. The summed E-state index contributed by atoms with van der Waals surface area (Å²) in [6.07, 6.45) is 8.74. The number of benzene rings is 1. The Bertz CT molecular complexity index is 712. The second-order valence-corrected chi connectivity index (χ2v) is 7.97. The van der Waals surface area contributed by atoms with Crippen LogP contribution in [-0.4, -0.2) is 9.97 Å². The predicted molar refractivity (Wildman–Crippen MR) is 105 cm³/mol. The number of hydrogen-bond acceptors (Lipinski definition) is 2. The Kier molecular flexibility index (Phi) is 5.88. The molecule has 0 atom stereocenters. The minimum absolute atomic E-state index is 0.876. The van der Waals surface area contributed by atoms with Gasteiger partial charge in [0.2, 0.25) is 0 Å². The lowest BCUT2D eigenvalue weighted by Crippen LogP contribution is -2.14. The van der Waals surface area contributed by atoms with Gasteiger partial charge in [-0.3, -0.25) is 0 Å². The fraction of sp³-hybridized carbons (Fsp3) is 0.565. The molecule has 2 aromatic rings. The molecule has 0 radical (unpaired) electrons. The van der Waals surface area contributed by atoms with E-state index in [9.17, 15) is 0 Å². The molecule has 25 heavy (non-hydrogen) atoms. The number of nitrogens with zero attached hydrogens (tertiary/aromatic N) is 2. The molecule has 1 fully saturated rings. The van der Waals surface area contributed by atoms with Crippen molar-refractivity contribution in [2.45, 2.75) is 72.6 Å². The van der Waals surface area contributed by atoms with E-state index in [1.807, 2.05) is 6.92 Å². The third-order valence-electron chi connectivity index (χ3n) is 5.82. The monoisotopic (exact) mass is 336 g/mol. The van der Waals surface area contributed by atoms with E-state index in [0.717, 1.165) is 30.5 Å². The zero-order valence-electron chi connectivity index (χ0n) is 16.3. The molecule has 0 unspecified atom stereocenters. The van der Waals surface area contributed by atoms with Gasteiger partial charge in [-0.1, -0.05) is 51.0 Å². The third-order valence-corrected chi connectivity index (χ3v) is 5.82. The van der Waals surface area contributed by atoms with Crippen LogP contribution >= 0.6 is 0 Å². The highest BCUT2D eigenvalue weighted by Crippen LogP contribution is 2.30. The first-order chi connectivity index (χ1) is 12.0. The molecular formula is C23H32N2. The average Bonchev–Trinajstić information content (AvgIpc) is 2.60. The largest absolute Gasteiger partial charge is 0.238 e. The minimum Gasteiger partial charge on any atom is -0.238 e. The molecule has 0 N–H and O–H groups in total. The van der Waals surface area contributed by atoms with Crippen molar-refractivity contribution in [2.75, 3.05) is 0 Å². The molecule has 1 aromatic carbocycles. The summed E-state index contributed by atoms with van der Waals surface area (Å²) in [5, 5.41) is 0. The first-order valence-corrected chi connectivity index (χ1v) is 9.96. The molecule has 0 aliphatic heterocycles. The van der Waals surface area contributed by atoms with Crippen LogP contribution in [0.2, 0.25) is 0 Å². The van der Waals surface area contributed by atoms with Crippen LogP contribution in [0.3, 0.4) is 0 Å². The van der Waals surface area contributed by atoms with Gasteiger partial charge in [0.25, 0.3) is 0 Å². The van der Waals surface area contributed by atoms with Crippen molar-refractivity contribution < 1.29 is 0 Å². The molecule has 0 bridgehead atoms. The number of hydrogen-bond donors (Lipinski definition) is 0. The van der Waals surface area contributed by atoms with Crippen molar-refractivity contribution in [3.05, 3.63) is 58.2 Å². The van der Waals surface area contributed by atoms with Crippen LogP contribution in [0.5, 0.6) is 0 Å². The quantitative estimate of drug-likeness (QED) is 0.708. The molecule has 3 rings (SSSR count). The van der Waals surface area contributed by atoms with Crippen molar-refractivity contribution >= 4 is 0 Å². The van der Waals surface area contributed by atoms with E-state index in [1.54, 1.807) is 0 Å². The maximum Gasteiger partial charge on any atom is 0.125 e. The van der Waals surface area contributed by atoms with E-state index in [0.29, 0.717) is 0 Å². The average molecular weight is 337 g/mol. The zero-order chi connectivity index (χ0) is 17.8. The molecule has 1 saturated carbocycles. The van der Waals surface area contributed by atoms with Crippen LogP contribution in [-0.2, 0) is 19.3 Å². The van der Waals surface area contributed by atoms with Gasteiger partial charge in [-0.2, -0.15) is 0 Å². The molecule has 1 heterocycles. The van der Waals surface area contributed by atoms with Gasteiger partial charge >= 0.3 is 0 Å². The second kappa shape index (κ2) is 8.12. The van der Waals surface area contributed by atoms with Crippen LogP contribution in [0, 0.1) is 25.7 Å². The predicted octanol–water partition coefficient (Wildman–Crippen LogP) is 5.62. The van der Waals surface area contributed by atoms with Gasteiger partial charge in [0.1, 0.15) is 5.82 Å². The van der Waals surface area contributed by atoms with Crippen molar-refractivity contribution in [3.8, 4) is 0 Å². The van der Waals surface area contributed by atoms with E-state index < -0.39 is 0 Å². The summed E-state index contributed by atoms with van der Waals surface area (Å²) in [5.74, 6) is 2.70. The standard InChI is InChI=1S/C23H32N2/c1-5-22-17(3)23(25-18(4)24-22)15-21-8-6-7-20(14-21)13-19-11-9-16(2)10-12-19/h6-8,14,16,19H,5,9-13,15H2,1-4H3. The number of aryl methyl sites for hydroxylation is 2. The van der Waals surface area contributed by atoms with Crippen molar-refractivity contribution in [3.63, 3.8) is 0 Å². The van der Waals surface area contributed by atoms with Crippen LogP contribution < -0.4 is 0 Å². The lowest BCUT2D eigenvalue weighted by atomic mass is 9.80. The Morgan fingerprint density at radius 3 is 2.36 bits per heavy atom. The minimum atomic E-state index is 0.876. The maximum atomic E-state index is 4.72. The Morgan fingerprint density at radius 2 is 1.64 bits per heavy atom. The summed E-state index contributed by atoms with van der Waals surface area (Å²) in [6.45, 7) is 8.74. The molecule has 134 valence electrons. The smallest absolute Gasteiger partial charge is 0.125 e. The highest BCUT2D eigenvalue weighted by molar-refractivity contribution is 5.32. The van der Waals surface area contributed by atoms with Crippen LogP contribution in [0.25, 0.3) is 0 Å². The number of rotatable bonds is 5. The summed E-state index contributed by atoms with van der Waals surface area (Å²) in [7, 11) is 0. The summed E-state index contributed by atoms with van der Waals surface area (Å²) < 4.78 is 0. The molecule has 2 heteroatoms. The second-order valence-electron chi connectivity index (χ2n) is 7.97. The fourth-order valence-corrected chi connectivity index (χ4v) is 4.19. The van der Waals surface area contributed by atoms with Gasteiger partial charge in [-0.25, -0.2) is 9.97 Å². The Morgan fingerprint density at radius 1 is 0.960 bits per heavy atom. The Balaban J connectivity index is 1.73.